The van der Waals surface area contributed by atoms with Gasteiger partial charge in [0.25, 0.3) is 0 Å². The summed E-state index contributed by atoms with van der Waals surface area (Å²) in [4.78, 5) is 11.1. The van der Waals surface area contributed by atoms with E-state index in [2.05, 4.69) is 17.2 Å². The Morgan fingerprint density at radius 1 is 1.44 bits per heavy atom. The Hall–Kier alpha value is -2.21. The molecule has 0 unspecified atom stereocenters. The van der Waals surface area contributed by atoms with Gasteiger partial charge >= 0.3 is 6.16 Å². The smallest absolute Gasteiger partial charge is 0.435 e. The molecule has 0 atom stereocenters. The molecule has 0 fully saturated rings. The van der Waals surface area contributed by atoms with Crippen molar-refractivity contribution in [3.63, 3.8) is 0 Å². The average Bonchev–Trinajstić information content (AvgIpc) is 2.37. The van der Waals surface area contributed by atoms with Crippen molar-refractivity contribution in [3.8, 4) is 5.92 Å². The minimum absolute atomic E-state index is 0.0744. The van der Waals surface area contributed by atoms with Gasteiger partial charge in [0.1, 0.15) is 6.61 Å². The Bertz CT molecular complexity index is 469. The Labute approximate surface area is 107 Å². The van der Waals surface area contributed by atoms with E-state index in [9.17, 15) is 4.79 Å². The molecule has 0 spiro atoms. The third kappa shape index (κ3) is 3.67. The summed E-state index contributed by atoms with van der Waals surface area (Å²) < 4.78 is 9.60. The largest absolute Gasteiger partial charge is 0.508 e. The zero-order chi connectivity index (χ0) is 13.4. The van der Waals surface area contributed by atoms with Gasteiger partial charge in [-0.2, -0.15) is 0 Å². The van der Waals surface area contributed by atoms with Crippen LogP contribution in [-0.2, 0) is 22.5 Å². The molecule has 0 heterocycles. The lowest BCUT2D eigenvalue weighted by atomic mass is 10.00. The molecule has 1 aromatic rings. The number of hydrogen-bond donors (Lipinski definition) is 0. The van der Waals surface area contributed by atoms with Gasteiger partial charge in [0.2, 0.25) is 0 Å². The van der Waals surface area contributed by atoms with Gasteiger partial charge in [-0.15, -0.1) is 6.58 Å². The van der Waals surface area contributed by atoms with Gasteiger partial charge in [-0.3, -0.25) is 0 Å². The van der Waals surface area contributed by atoms with Crippen LogP contribution in [0.15, 0.2) is 30.9 Å². The average molecular weight is 243 g/mol. The quantitative estimate of drug-likeness (QED) is 0.453. The van der Waals surface area contributed by atoms with Crippen LogP contribution in [0.3, 0.4) is 0 Å². The molecular formula is C15H15O3. The van der Waals surface area contributed by atoms with Crippen molar-refractivity contribution in [1.29, 1.82) is 0 Å². The Morgan fingerprint density at radius 2 is 2.17 bits per heavy atom. The fourth-order valence-corrected chi connectivity index (χ4v) is 1.56. The van der Waals surface area contributed by atoms with Crippen LogP contribution in [0.5, 0.6) is 0 Å². The SMILES string of the molecule is [C]#Cc1c(CC=C)cccc1COC(=O)OCC. The zero-order valence-corrected chi connectivity index (χ0v) is 10.4. The summed E-state index contributed by atoms with van der Waals surface area (Å²) in [5, 5.41) is 0. The molecule has 0 aliphatic heterocycles. The van der Waals surface area contributed by atoms with Gasteiger partial charge in [0.15, 0.2) is 0 Å². The van der Waals surface area contributed by atoms with E-state index in [4.69, 9.17) is 11.2 Å². The molecule has 0 aliphatic rings. The lowest BCUT2D eigenvalue weighted by molar-refractivity contribution is 0.0535. The maximum absolute atomic E-state index is 11.1. The van der Waals surface area contributed by atoms with E-state index < -0.39 is 6.16 Å². The molecule has 0 aromatic heterocycles. The summed E-state index contributed by atoms with van der Waals surface area (Å²) in [6, 6.07) is 5.54. The van der Waals surface area contributed by atoms with E-state index in [0.717, 1.165) is 11.1 Å². The van der Waals surface area contributed by atoms with E-state index in [1.807, 2.05) is 12.1 Å². The number of carbonyl (C=O) groups is 1. The summed E-state index contributed by atoms with van der Waals surface area (Å²) in [7, 11) is 0. The van der Waals surface area contributed by atoms with Crippen molar-refractivity contribution in [2.75, 3.05) is 6.61 Å². The van der Waals surface area contributed by atoms with Gasteiger partial charge in [-0.05, 0) is 25.3 Å². The first kappa shape index (κ1) is 13.9. The molecule has 18 heavy (non-hydrogen) atoms. The van der Waals surface area contributed by atoms with Crippen molar-refractivity contribution >= 4 is 6.16 Å². The summed E-state index contributed by atoms with van der Waals surface area (Å²) >= 11 is 0. The molecule has 1 aromatic carbocycles. The Kier molecular flexibility index (Phi) is 5.53. The highest BCUT2D eigenvalue weighted by Crippen LogP contribution is 2.16. The Morgan fingerprint density at radius 3 is 2.78 bits per heavy atom. The van der Waals surface area contributed by atoms with Crippen LogP contribution >= 0.6 is 0 Å². The second-order valence-electron chi connectivity index (χ2n) is 3.54. The zero-order valence-electron chi connectivity index (χ0n) is 10.4. The van der Waals surface area contributed by atoms with Crippen molar-refractivity contribution in [2.24, 2.45) is 0 Å². The highest BCUT2D eigenvalue weighted by atomic mass is 16.7. The first-order valence-corrected chi connectivity index (χ1v) is 5.66. The second-order valence-corrected chi connectivity index (χ2v) is 3.54. The van der Waals surface area contributed by atoms with Crippen molar-refractivity contribution in [1.82, 2.24) is 0 Å². The summed E-state index contributed by atoms with van der Waals surface area (Å²) in [5.74, 6) is 2.37. The Balaban J connectivity index is 2.82. The number of carbonyl (C=O) groups excluding carboxylic acids is 1. The fourth-order valence-electron chi connectivity index (χ4n) is 1.56. The van der Waals surface area contributed by atoms with Crippen molar-refractivity contribution in [3.05, 3.63) is 54.0 Å². The summed E-state index contributed by atoms with van der Waals surface area (Å²) in [6.07, 6.45) is 9.01. The molecule has 0 amide bonds. The van der Waals surface area contributed by atoms with Crippen LogP contribution in [0, 0.1) is 12.3 Å². The van der Waals surface area contributed by atoms with Gasteiger partial charge in [0.05, 0.1) is 6.61 Å². The van der Waals surface area contributed by atoms with Gasteiger partial charge in [-0.25, -0.2) is 4.79 Å². The molecule has 1 rings (SSSR count). The maximum Gasteiger partial charge on any atom is 0.508 e. The van der Waals surface area contributed by atoms with E-state index in [-0.39, 0.29) is 13.2 Å². The molecule has 3 heteroatoms. The predicted octanol–water partition coefficient (Wildman–Crippen LogP) is 3.03. The molecule has 0 aliphatic carbocycles. The third-order valence-corrected chi connectivity index (χ3v) is 2.33. The second kappa shape index (κ2) is 7.18. The van der Waals surface area contributed by atoms with E-state index in [1.54, 1.807) is 19.1 Å². The normalized spacial score (nSPS) is 9.33. The highest BCUT2D eigenvalue weighted by Gasteiger charge is 2.08. The first-order valence-electron chi connectivity index (χ1n) is 5.66. The van der Waals surface area contributed by atoms with Gasteiger partial charge in [-0.1, -0.05) is 30.2 Å². The number of hydrogen-bond acceptors (Lipinski definition) is 3. The predicted molar refractivity (Wildman–Crippen MR) is 68.4 cm³/mol. The molecular weight excluding hydrogens is 228 g/mol. The van der Waals surface area contributed by atoms with E-state index in [0.29, 0.717) is 12.0 Å². The lowest BCUT2D eigenvalue weighted by Crippen LogP contribution is -2.08. The van der Waals surface area contributed by atoms with Crippen LogP contribution < -0.4 is 0 Å². The van der Waals surface area contributed by atoms with Crippen LogP contribution in [0.2, 0.25) is 0 Å². The summed E-state index contributed by atoms with van der Waals surface area (Å²) in [5.41, 5.74) is 2.31. The maximum atomic E-state index is 11.1. The molecule has 0 N–H and O–H groups in total. The van der Waals surface area contributed by atoms with Crippen LogP contribution in [0.25, 0.3) is 0 Å². The molecule has 1 radical (unpaired) electrons. The number of ether oxygens (including phenoxy) is 2. The topological polar surface area (TPSA) is 35.5 Å². The molecule has 0 saturated heterocycles. The first-order chi connectivity index (χ1) is 8.72. The monoisotopic (exact) mass is 243 g/mol. The van der Waals surface area contributed by atoms with Crippen LogP contribution in [0.1, 0.15) is 23.6 Å². The van der Waals surface area contributed by atoms with Crippen LogP contribution in [-0.4, -0.2) is 12.8 Å². The molecule has 3 nitrogen and oxygen atoms in total. The standard InChI is InChI=1S/C15H15O3/c1-4-8-12-9-7-10-13(14(12)5-2)11-18-15(16)17-6-3/h4,7,9-10H,1,6,8,11H2,3H3. The number of rotatable bonds is 5. The molecule has 93 valence electrons. The van der Waals surface area contributed by atoms with E-state index in [1.165, 1.54) is 0 Å². The van der Waals surface area contributed by atoms with Gasteiger partial charge in [0, 0.05) is 11.1 Å². The molecule has 0 saturated carbocycles. The number of benzene rings is 1. The van der Waals surface area contributed by atoms with Crippen LogP contribution in [0.4, 0.5) is 4.79 Å². The van der Waals surface area contributed by atoms with Gasteiger partial charge < -0.3 is 9.47 Å². The third-order valence-electron chi connectivity index (χ3n) is 2.33. The minimum Gasteiger partial charge on any atom is -0.435 e. The lowest BCUT2D eigenvalue weighted by Gasteiger charge is -2.09. The minimum atomic E-state index is -0.706. The highest BCUT2D eigenvalue weighted by molar-refractivity contribution is 5.60. The molecule has 0 bridgehead atoms. The number of allylic oxidation sites excluding steroid dienone is 1. The van der Waals surface area contributed by atoms with Crippen molar-refractivity contribution in [2.45, 2.75) is 20.0 Å². The van der Waals surface area contributed by atoms with E-state index >= 15 is 0 Å². The van der Waals surface area contributed by atoms with Crippen molar-refractivity contribution < 1.29 is 14.3 Å². The fraction of sp³-hybridized carbons (Fsp3) is 0.267. The summed E-state index contributed by atoms with van der Waals surface area (Å²) in [6.45, 7) is 5.73.